The number of piperazine rings is 1. The Balaban J connectivity index is 1.18. The Morgan fingerprint density at radius 1 is 0.821 bits per heavy atom. The molecule has 202 valence electrons. The van der Waals surface area contributed by atoms with Crippen molar-refractivity contribution in [3.8, 4) is 0 Å². The minimum atomic E-state index is -0.0593. The summed E-state index contributed by atoms with van der Waals surface area (Å²) in [5.74, 6) is 1.06. The number of hydrogen-bond acceptors (Lipinski definition) is 4. The zero-order valence-corrected chi connectivity index (χ0v) is 22.5. The van der Waals surface area contributed by atoms with Crippen LogP contribution in [0.3, 0.4) is 0 Å². The normalized spacial score (nSPS) is 13.9. The Labute approximate surface area is 230 Å². The SMILES string of the molecule is CCCN(Cc1cccn1Cc1ccc(C(=O)N2CCN(Cc3ccccc3)CC2)o1)C(=O)c1ccccc1. The maximum atomic E-state index is 13.1. The topological polar surface area (TPSA) is 61.9 Å². The zero-order chi connectivity index (χ0) is 27.0. The number of amides is 2. The Morgan fingerprint density at radius 2 is 1.54 bits per heavy atom. The van der Waals surface area contributed by atoms with Gasteiger partial charge in [0.25, 0.3) is 11.8 Å². The molecule has 0 N–H and O–H groups in total. The number of nitrogens with zero attached hydrogens (tertiary/aromatic N) is 4. The fraction of sp³-hybridized carbons (Fsp3) is 0.312. The van der Waals surface area contributed by atoms with Gasteiger partial charge in [-0.2, -0.15) is 0 Å². The Morgan fingerprint density at radius 3 is 2.26 bits per heavy atom. The second-order valence-corrected chi connectivity index (χ2v) is 10.0. The predicted molar refractivity (Wildman–Crippen MR) is 151 cm³/mol. The van der Waals surface area contributed by atoms with Crippen LogP contribution in [0.25, 0.3) is 0 Å². The second-order valence-electron chi connectivity index (χ2n) is 10.0. The van der Waals surface area contributed by atoms with Crippen molar-refractivity contribution in [2.75, 3.05) is 32.7 Å². The molecular formula is C32H36N4O3. The molecule has 4 aromatic rings. The quantitative estimate of drug-likeness (QED) is 0.288. The number of benzene rings is 2. The molecule has 7 heteroatoms. The number of aromatic nitrogens is 1. The first kappa shape index (κ1) is 26.5. The van der Waals surface area contributed by atoms with Gasteiger partial charge in [0.05, 0.1) is 13.1 Å². The predicted octanol–water partition coefficient (Wildman–Crippen LogP) is 5.14. The molecule has 3 heterocycles. The highest BCUT2D eigenvalue weighted by Crippen LogP contribution is 2.18. The van der Waals surface area contributed by atoms with E-state index in [2.05, 4.69) is 40.7 Å². The maximum absolute atomic E-state index is 13.1. The first-order valence-corrected chi connectivity index (χ1v) is 13.7. The van der Waals surface area contributed by atoms with Crippen LogP contribution in [0.5, 0.6) is 0 Å². The van der Waals surface area contributed by atoms with Crippen LogP contribution in [0, 0.1) is 0 Å². The molecule has 1 saturated heterocycles. The van der Waals surface area contributed by atoms with Gasteiger partial charge >= 0.3 is 0 Å². The van der Waals surface area contributed by atoms with E-state index in [1.54, 1.807) is 6.07 Å². The average Bonchev–Trinajstić information content (AvgIpc) is 3.63. The van der Waals surface area contributed by atoms with E-state index in [1.165, 1.54) is 5.56 Å². The molecule has 0 spiro atoms. The van der Waals surface area contributed by atoms with Crippen LogP contribution in [0.1, 0.15) is 51.3 Å². The van der Waals surface area contributed by atoms with Gasteiger partial charge in [0, 0.05) is 56.7 Å². The van der Waals surface area contributed by atoms with Gasteiger partial charge in [-0.1, -0.05) is 55.5 Å². The lowest BCUT2D eigenvalue weighted by atomic mass is 10.2. The van der Waals surface area contributed by atoms with Crippen molar-refractivity contribution in [3.05, 3.63) is 119 Å². The molecule has 2 aromatic heterocycles. The van der Waals surface area contributed by atoms with Gasteiger partial charge in [-0.05, 0) is 48.4 Å². The van der Waals surface area contributed by atoms with Crippen LogP contribution in [-0.2, 0) is 19.6 Å². The van der Waals surface area contributed by atoms with Crippen molar-refractivity contribution in [1.82, 2.24) is 19.3 Å². The van der Waals surface area contributed by atoms with Gasteiger partial charge in [0.2, 0.25) is 0 Å². The van der Waals surface area contributed by atoms with E-state index in [0.29, 0.717) is 44.0 Å². The van der Waals surface area contributed by atoms with Gasteiger partial charge in [-0.3, -0.25) is 14.5 Å². The molecule has 5 rings (SSSR count). The molecule has 0 unspecified atom stereocenters. The van der Waals surface area contributed by atoms with Gasteiger partial charge < -0.3 is 18.8 Å². The third kappa shape index (κ3) is 6.67. The lowest BCUT2D eigenvalue weighted by Gasteiger charge is -2.34. The second kappa shape index (κ2) is 12.6. The van der Waals surface area contributed by atoms with E-state index in [9.17, 15) is 9.59 Å². The van der Waals surface area contributed by atoms with Crippen LogP contribution in [0.2, 0.25) is 0 Å². The molecule has 0 atom stereocenters. The third-order valence-electron chi connectivity index (χ3n) is 7.18. The summed E-state index contributed by atoms with van der Waals surface area (Å²) in [7, 11) is 0. The number of rotatable bonds is 10. The number of furan rings is 1. The van der Waals surface area contributed by atoms with E-state index < -0.39 is 0 Å². The molecule has 1 aliphatic rings. The summed E-state index contributed by atoms with van der Waals surface area (Å²) < 4.78 is 8.09. The van der Waals surface area contributed by atoms with Crippen molar-refractivity contribution in [3.63, 3.8) is 0 Å². The standard InChI is InChI=1S/C32H36N4O3/c1-2-17-36(31(37)27-12-7-4-8-13-27)24-28-14-9-18-35(28)25-29-15-16-30(39-29)32(38)34-21-19-33(20-22-34)23-26-10-5-3-6-11-26/h3-16,18H,2,17,19-25H2,1H3. The summed E-state index contributed by atoms with van der Waals surface area (Å²) in [6.07, 6.45) is 2.87. The molecule has 1 fully saturated rings. The zero-order valence-electron chi connectivity index (χ0n) is 22.5. The molecule has 0 radical (unpaired) electrons. The molecule has 0 bridgehead atoms. The Bertz CT molecular complexity index is 1350. The highest BCUT2D eigenvalue weighted by Gasteiger charge is 2.24. The van der Waals surface area contributed by atoms with Crippen molar-refractivity contribution >= 4 is 11.8 Å². The monoisotopic (exact) mass is 524 g/mol. The molecule has 2 aromatic carbocycles. The average molecular weight is 525 g/mol. The van der Waals surface area contributed by atoms with Crippen LogP contribution in [0.4, 0.5) is 0 Å². The number of carbonyl (C=O) groups excluding carboxylic acids is 2. The molecule has 0 saturated carbocycles. The van der Waals surface area contributed by atoms with E-state index in [1.807, 2.05) is 70.6 Å². The first-order valence-electron chi connectivity index (χ1n) is 13.7. The fourth-order valence-corrected chi connectivity index (χ4v) is 5.08. The lowest BCUT2D eigenvalue weighted by molar-refractivity contribution is 0.0595. The van der Waals surface area contributed by atoms with E-state index in [4.69, 9.17) is 4.42 Å². The molecule has 39 heavy (non-hydrogen) atoms. The van der Waals surface area contributed by atoms with Crippen LogP contribution >= 0.6 is 0 Å². The Kier molecular flexibility index (Phi) is 8.58. The van der Waals surface area contributed by atoms with Crippen molar-refractivity contribution < 1.29 is 14.0 Å². The van der Waals surface area contributed by atoms with Gasteiger partial charge in [0.15, 0.2) is 5.76 Å². The maximum Gasteiger partial charge on any atom is 0.289 e. The number of hydrogen-bond donors (Lipinski definition) is 0. The fourth-order valence-electron chi connectivity index (χ4n) is 5.08. The van der Waals surface area contributed by atoms with Gasteiger partial charge in [-0.15, -0.1) is 0 Å². The van der Waals surface area contributed by atoms with E-state index in [-0.39, 0.29) is 11.8 Å². The summed E-state index contributed by atoms with van der Waals surface area (Å²) in [6, 6.07) is 27.5. The number of carbonyl (C=O) groups is 2. The molecule has 1 aliphatic heterocycles. The third-order valence-corrected chi connectivity index (χ3v) is 7.18. The molecule has 2 amide bonds. The van der Waals surface area contributed by atoms with Crippen molar-refractivity contribution in [2.24, 2.45) is 0 Å². The largest absolute Gasteiger partial charge is 0.454 e. The minimum Gasteiger partial charge on any atom is -0.454 e. The molecule has 7 nitrogen and oxygen atoms in total. The smallest absolute Gasteiger partial charge is 0.289 e. The summed E-state index contributed by atoms with van der Waals surface area (Å²) in [6.45, 7) is 7.73. The minimum absolute atomic E-state index is 0.0277. The highest BCUT2D eigenvalue weighted by molar-refractivity contribution is 5.94. The lowest BCUT2D eigenvalue weighted by Crippen LogP contribution is -2.48. The molecule has 0 aliphatic carbocycles. The summed E-state index contributed by atoms with van der Waals surface area (Å²) >= 11 is 0. The summed E-state index contributed by atoms with van der Waals surface area (Å²) in [5.41, 5.74) is 3.00. The van der Waals surface area contributed by atoms with Crippen molar-refractivity contribution in [2.45, 2.75) is 33.0 Å². The van der Waals surface area contributed by atoms with Crippen LogP contribution in [-0.4, -0.2) is 63.8 Å². The molecular weight excluding hydrogens is 488 g/mol. The Hall–Kier alpha value is -4.10. The first-order chi connectivity index (χ1) is 19.1. The van der Waals surface area contributed by atoms with Crippen LogP contribution < -0.4 is 0 Å². The summed E-state index contributed by atoms with van der Waals surface area (Å²) in [4.78, 5) is 32.4. The van der Waals surface area contributed by atoms with Crippen molar-refractivity contribution in [1.29, 1.82) is 0 Å². The van der Waals surface area contributed by atoms with E-state index >= 15 is 0 Å². The van der Waals surface area contributed by atoms with E-state index in [0.717, 1.165) is 37.5 Å². The highest BCUT2D eigenvalue weighted by atomic mass is 16.4. The summed E-state index contributed by atoms with van der Waals surface area (Å²) in [5, 5.41) is 0. The van der Waals surface area contributed by atoms with Gasteiger partial charge in [-0.25, -0.2) is 0 Å². The van der Waals surface area contributed by atoms with Gasteiger partial charge in [0.1, 0.15) is 5.76 Å². The van der Waals surface area contributed by atoms with Crippen LogP contribution in [0.15, 0.2) is 95.5 Å².